The molecule has 0 saturated carbocycles. The van der Waals surface area contributed by atoms with E-state index in [-0.39, 0.29) is 0 Å². The average Bonchev–Trinajstić information content (AvgIpc) is 3.81. The highest BCUT2D eigenvalue weighted by Gasteiger charge is 2.18. The van der Waals surface area contributed by atoms with Crippen molar-refractivity contribution in [3.8, 4) is 33.6 Å². The van der Waals surface area contributed by atoms with Crippen molar-refractivity contribution >= 4 is 72.1 Å². The Balaban J connectivity index is 0.000000212. The van der Waals surface area contributed by atoms with Crippen molar-refractivity contribution in [1.82, 2.24) is 9.13 Å². The molecule has 62 heavy (non-hydrogen) atoms. The van der Waals surface area contributed by atoms with E-state index in [4.69, 9.17) is 5.73 Å². The number of allylic oxidation sites excluding steroid dienone is 1. The third-order valence-electron chi connectivity index (χ3n) is 12.3. The Kier molecular flexibility index (Phi) is 9.86. The van der Waals surface area contributed by atoms with Crippen molar-refractivity contribution in [2.45, 2.75) is 20.8 Å². The molecule has 9 aromatic carbocycles. The first kappa shape index (κ1) is 38.3. The first-order chi connectivity index (χ1) is 30.4. The van der Waals surface area contributed by atoms with Gasteiger partial charge in [0.05, 0.1) is 16.6 Å². The Morgan fingerprint density at radius 1 is 0.468 bits per heavy atom. The first-order valence-corrected chi connectivity index (χ1v) is 21.3. The molecule has 0 saturated heterocycles. The van der Waals surface area contributed by atoms with Crippen LogP contribution in [0.15, 0.2) is 201 Å². The number of fused-ring (bicyclic) bond motifs is 7. The Morgan fingerprint density at radius 2 is 1.08 bits per heavy atom. The van der Waals surface area contributed by atoms with Gasteiger partial charge in [-0.15, -0.1) is 0 Å². The summed E-state index contributed by atoms with van der Waals surface area (Å²) in [6.45, 7) is 10.4. The maximum Gasteiger partial charge on any atom is 0.0541 e. The third-order valence-corrected chi connectivity index (χ3v) is 12.3. The molecule has 0 bridgehead atoms. The number of para-hydroxylation sites is 1. The van der Waals surface area contributed by atoms with Gasteiger partial charge in [-0.3, -0.25) is 0 Å². The summed E-state index contributed by atoms with van der Waals surface area (Å²) in [7, 11) is 0. The van der Waals surface area contributed by atoms with E-state index >= 15 is 0 Å². The number of nitrogens with two attached hydrogens (primary N) is 1. The number of hydrogen-bond acceptors (Lipinski definition) is 1. The van der Waals surface area contributed by atoms with Gasteiger partial charge in [-0.05, 0) is 137 Å². The number of aromatic nitrogens is 2. The van der Waals surface area contributed by atoms with Crippen LogP contribution in [0.1, 0.15) is 29.3 Å². The Morgan fingerprint density at radius 3 is 1.77 bits per heavy atom. The fourth-order valence-electron chi connectivity index (χ4n) is 9.36. The minimum atomic E-state index is 0.830. The number of nitrogens with zero attached hydrogens (tertiary/aromatic N) is 2. The molecule has 0 fully saturated rings. The van der Waals surface area contributed by atoms with Crippen LogP contribution < -0.4 is 5.73 Å². The summed E-state index contributed by atoms with van der Waals surface area (Å²) >= 11 is 0. The minimum absolute atomic E-state index is 0.830. The molecule has 2 heterocycles. The highest BCUT2D eigenvalue weighted by atomic mass is 15.0. The van der Waals surface area contributed by atoms with E-state index < -0.39 is 0 Å². The fourth-order valence-corrected chi connectivity index (χ4v) is 9.36. The van der Waals surface area contributed by atoms with Gasteiger partial charge in [-0.1, -0.05) is 152 Å². The SMILES string of the molecule is C/C=C\c1c(C)c2cc(-c3ccccc3)ccc2n1-c1cccc(-n2c3ccccc3c3cc(-c4ccccc4)ccc32)c1.C=Cc1cccc2ccc3c(N)ccc(C)c3c12. The summed E-state index contributed by atoms with van der Waals surface area (Å²) in [5.74, 6) is 0. The maximum atomic E-state index is 6.08. The van der Waals surface area contributed by atoms with E-state index in [1.165, 1.54) is 87.9 Å². The molecule has 2 aromatic heterocycles. The lowest BCUT2D eigenvalue weighted by Crippen LogP contribution is -2.00. The molecule has 0 radical (unpaired) electrons. The second-order valence-corrected chi connectivity index (χ2v) is 16.0. The Labute approximate surface area is 362 Å². The molecule has 3 heteroatoms. The molecule has 0 aliphatic heterocycles. The molecule has 2 N–H and O–H groups in total. The van der Waals surface area contributed by atoms with Crippen molar-refractivity contribution in [3.63, 3.8) is 0 Å². The van der Waals surface area contributed by atoms with E-state index in [9.17, 15) is 0 Å². The number of nitrogen functional groups attached to an aromatic ring is 1. The number of benzene rings is 9. The zero-order valence-electron chi connectivity index (χ0n) is 35.3. The summed E-state index contributed by atoms with van der Waals surface area (Å²) in [4.78, 5) is 0. The molecule has 0 atom stereocenters. The molecular formula is C59H47N3. The summed E-state index contributed by atoms with van der Waals surface area (Å²) in [5.41, 5.74) is 22.7. The Bertz CT molecular complexity index is 3510. The van der Waals surface area contributed by atoms with Gasteiger partial charge in [-0.25, -0.2) is 0 Å². The van der Waals surface area contributed by atoms with Crippen molar-refractivity contribution in [2.75, 3.05) is 5.73 Å². The predicted molar refractivity (Wildman–Crippen MR) is 269 cm³/mol. The highest BCUT2D eigenvalue weighted by Crippen LogP contribution is 2.38. The third kappa shape index (κ3) is 6.56. The van der Waals surface area contributed by atoms with Gasteiger partial charge in [0.1, 0.15) is 0 Å². The van der Waals surface area contributed by atoms with Gasteiger partial charge in [0.15, 0.2) is 0 Å². The van der Waals surface area contributed by atoms with Crippen molar-refractivity contribution in [1.29, 1.82) is 0 Å². The van der Waals surface area contributed by atoms with Gasteiger partial charge >= 0.3 is 0 Å². The van der Waals surface area contributed by atoms with Crippen LogP contribution in [0.3, 0.4) is 0 Å². The van der Waals surface area contributed by atoms with Crippen LogP contribution in [-0.4, -0.2) is 9.13 Å². The lowest BCUT2D eigenvalue weighted by Gasteiger charge is -2.14. The quantitative estimate of drug-likeness (QED) is 0.132. The summed E-state index contributed by atoms with van der Waals surface area (Å²) in [6.07, 6.45) is 6.27. The molecule has 0 unspecified atom stereocenters. The van der Waals surface area contributed by atoms with Crippen molar-refractivity contribution in [3.05, 3.63) is 223 Å². The number of rotatable bonds is 6. The molecule has 298 valence electrons. The second kappa shape index (κ2) is 15.9. The number of hydrogen-bond donors (Lipinski definition) is 1. The van der Waals surface area contributed by atoms with Crippen LogP contribution >= 0.6 is 0 Å². The number of anilines is 1. The van der Waals surface area contributed by atoms with E-state index in [0.717, 1.165) is 28.0 Å². The molecule has 0 amide bonds. The van der Waals surface area contributed by atoms with E-state index in [0.29, 0.717) is 0 Å². The van der Waals surface area contributed by atoms with Crippen LogP contribution in [0.25, 0.3) is 100 Å². The smallest absolute Gasteiger partial charge is 0.0541 e. The molecule has 0 spiro atoms. The number of aryl methyl sites for hydroxylation is 2. The first-order valence-electron chi connectivity index (χ1n) is 21.3. The van der Waals surface area contributed by atoms with Crippen LogP contribution in [0, 0.1) is 13.8 Å². The lowest BCUT2D eigenvalue weighted by molar-refractivity contribution is 1.08. The summed E-state index contributed by atoms with van der Waals surface area (Å²) in [5, 5.41) is 8.63. The summed E-state index contributed by atoms with van der Waals surface area (Å²) in [6, 6.07) is 67.3. The second-order valence-electron chi connectivity index (χ2n) is 16.0. The molecule has 11 rings (SSSR count). The molecule has 0 aliphatic rings. The normalized spacial score (nSPS) is 11.5. The minimum Gasteiger partial charge on any atom is -0.398 e. The van der Waals surface area contributed by atoms with Crippen LogP contribution in [0.2, 0.25) is 0 Å². The topological polar surface area (TPSA) is 35.9 Å². The fraction of sp³-hybridized carbons (Fsp3) is 0.0508. The monoisotopic (exact) mass is 797 g/mol. The van der Waals surface area contributed by atoms with E-state index in [2.05, 4.69) is 231 Å². The van der Waals surface area contributed by atoms with Gasteiger partial charge in [0.25, 0.3) is 0 Å². The van der Waals surface area contributed by atoms with Crippen LogP contribution in [-0.2, 0) is 0 Å². The van der Waals surface area contributed by atoms with Gasteiger partial charge in [0.2, 0.25) is 0 Å². The highest BCUT2D eigenvalue weighted by molar-refractivity contribution is 6.15. The maximum absolute atomic E-state index is 6.08. The van der Waals surface area contributed by atoms with Crippen LogP contribution in [0.4, 0.5) is 5.69 Å². The van der Waals surface area contributed by atoms with Gasteiger partial charge < -0.3 is 14.9 Å². The van der Waals surface area contributed by atoms with Crippen molar-refractivity contribution in [2.24, 2.45) is 0 Å². The molecular weight excluding hydrogens is 751 g/mol. The Hall–Kier alpha value is -7.88. The molecule has 3 nitrogen and oxygen atoms in total. The molecule has 11 aromatic rings. The van der Waals surface area contributed by atoms with Gasteiger partial charge in [-0.2, -0.15) is 0 Å². The predicted octanol–water partition coefficient (Wildman–Crippen LogP) is 15.9. The zero-order chi connectivity index (χ0) is 42.3. The summed E-state index contributed by atoms with van der Waals surface area (Å²) < 4.78 is 4.81. The molecule has 0 aliphatic carbocycles. The standard InChI is InChI=1S/C42H32N2.C17H15N/c1-3-13-39-29(2)37-26-32(30-14-6-4-7-15-30)22-24-41(37)43(39)34-18-12-19-35(28-34)44-40-21-11-10-20-36(40)38-27-33(23-25-42(38)44)31-16-8-5-9-17-31;1-3-12-5-4-6-13-8-9-14-15(18)10-7-11(2)16(14)17(12)13/h3-28H,1-2H3;3-10H,1,18H2,2H3/b13-3-;. The lowest BCUT2D eigenvalue weighted by atomic mass is 9.94. The van der Waals surface area contributed by atoms with Crippen molar-refractivity contribution < 1.29 is 0 Å². The zero-order valence-corrected chi connectivity index (χ0v) is 35.3. The largest absolute Gasteiger partial charge is 0.398 e. The van der Waals surface area contributed by atoms with E-state index in [1.54, 1.807) is 0 Å². The van der Waals surface area contributed by atoms with Crippen LogP contribution in [0.5, 0.6) is 0 Å². The van der Waals surface area contributed by atoms with E-state index in [1.807, 2.05) is 12.1 Å². The van der Waals surface area contributed by atoms with Gasteiger partial charge in [0, 0.05) is 44.3 Å². The average molecular weight is 798 g/mol.